The van der Waals surface area contributed by atoms with Gasteiger partial charge in [-0.25, -0.2) is 0 Å². The molecule has 3 rings (SSSR count). The van der Waals surface area contributed by atoms with Crippen molar-refractivity contribution < 1.29 is 9.13 Å². The van der Waals surface area contributed by atoms with E-state index in [2.05, 4.69) is 37.3 Å². The monoisotopic (exact) mass is 372 g/mol. The van der Waals surface area contributed by atoms with Crippen molar-refractivity contribution in [1.29, 1.82) is 0 Å². The van der Waals surface area contributed by atoms with E-state index < -0.39 is 0 Å². The van der Waals surface area contributed by atoms with E-state index in [1.165, 1.54) is 62.5 Å². The second kappa shape index (κ2) is 10.3. The summed E-state index contributed by atoms with van der Waals surface area (Å²) in [5, 5.41) is 0. The number of ether oxygens (including phenoxy) is 1. The summed E-state index contributed by atoms with van der Waals surface area (Å²) >= 11 is 0. The molecular formula is C25H37FO. The van der Waals surface area contributed by atoms with E-state index in [9.17, 15) is 4.39 Å². The van der Waals surface area contributed by atoms with Crippen LogP contribution >= 0.6 is 0 Å². The summed E-state index contributed by atoms with van der Waals surface area (Å²) in [6.45, 7) is 2.05. The summed E-state index contributed by atoms with van der Waals surface area (Å²) in [5.41, 5.74) is 2.93. The molecule has 0 aliphatic heterocycles. The van der Waals surface area contributed by atoms with E-state index in [4.69, 9.17) is 4.74 Å². The molecule has 0 N–H and O–H groups in total. The molecule has 0 aromatic heterocycles. The maximum absolute atomic E-state index is 12.2. The summed E-state index contributed by atoms with van der Waals surface area (Å²) in [7, 11) is 1.76. The Morgan fingerprint density at radius 1 is 1.00 bits per heavy atom. The van der Waals surface area contributed by atoms with Gasteiger partial charge in [-0.3, -0.25) is 4.39 Å². The van der Waals surface area contributed by atoms with Gasteiger partial charge in [-0.05, 0) is 118 Å². The highest BCUT2D eigenvalue weighted by Gasteiger charge is 2.31. The SMILES string of the molecule is COc1ccc(C)c(C2CCC(C3CCC(/C=C/CCCF)CC3)CC2)c1. The Labute approximate surface area is 165 Å². The number of hydrogen-bond acceptors (Lipinski definition) is 1. The minimum atomic E-state index is -0.185. The van der Waals surface area contributed by atoms with Crippen LogP contribution in [0.15, 0.2) is 30.4 Å². The smallest absolute Gasteiger partial charge is 0.119 e. The molecule has 1 aromatic carbocycles. The zero-order chi connectivity index (χ0) is 19.1. The van der Waals surface area contributed by atoms with Gasteiger partial charge in [-0.1, -0.05) is 18.2 Å². The molecule has 0 atom stereocenters. The number of methoxy groups -OCH3 is 1. The topological polar surface area (TPSA) is 9.23 Å². The molecule has 1 nitrogen and oxygen atoms in total. The summed E-state index contributed by atoms with van der Waals surface area (Å²) < 4.78 is 17.6. The highest BCUT2D eigenvalue weighted by molar-refractivity contribution is 5.37. The number of allylic oxidation sites excluding steroid dienone is 2. The van der Waals surface area contributed by atoms with Crippen LogP contribution in [-0.2, 0) is 0 Å². The molecule has 0 radical (unpaired) electrons. The van der Waals surface area contributed by atoms with Crippen molar-refractivity contribution in [2.45, 2.75) is 77.0 Å². The quantitative estimate of drug-likeness (QED) is 0.358. The molecule has 2 saturated carbocycles. The Hall–Kier alpha value is -1.31. The third-order valence-corrected chi connectivity index (χ3v) is 7.09. The number of hydrogen-bond donors (Lipinski definition) is 0. The maximum Gasteiger partial charge on any atom is 0.119 e. The molecule has 0 unspecified atom stereocenters. The molecule has 0 bridgehead atoms. The molecule has 150 valence electrons. The first kappa shape index (κ1) is 20.4. The van der Waals surface area contributed by atoms with Crippen molar-refractivity contribution in [3.05, 3.63) is 41.5 Å². The zero-order valence-corrected chi connectivity index (χ0v) is 17.3. The average Bonchev–Trinajstić information content (AvgIpc) is 2.72. The second-order valence-corrected chi connectivity index (χ2v) is 8.77. The minimum absolute atomic E-state index is 0.185. The van der Waals surface area contributed by atoms with Crippen LogP contribution in [0.1, 0.15) is 81.3 Å². The number of aryl methyl sites for hydroxylation is 1. The average molecular weight is 373 g/mol. The number of halogens is 1. The maximum atomic E-state index is 12.2. The standard InChI is InChI=1S/C25H37FO/c1-19-7-16-24(27-2)18-25(19)23-14-12-22(13-15-23)21-10-8-20(9-11-21)6-4-3-5-17-26/h4,6-7,16,18,20-23H,3,5,8-15,17H2,1-2H3/b6-4+. The molecule has 0 saturated heterocycles. The minimum Gasteiger partial charge on any atom is -0.497 e. The van der Waals surface area contributed by atoms with Gasteiger partial charge in [0.2, 0.25) is 0 Å². The number of benzene rings is 1. The predicted octanol–water partition coefficient (Wildman–Crippen LogP) is 7.39. The first-order valence-electron chi connectivity index (χ1n) is 11.1. The van der Waals surface area contributed by atoms with E-state index in [-0.39, 0.29) is 6.67 Å². The zero-order valence-electron chi connectivity index (χ0n) is 17.3. The first-order chi connectivity index (χ1) is 13.2. The first-order valence-corrected chi connectivity index (χ1v) is 11.1. The molecule has 2 aliphatic carbocycles. The summed E-state index contributed by atoms with van der Waals surface area (Å²) in [4.78, 5) is 0. The summed E-state index contributed by atoms with van der Waals surface area (Å²) in [6, 6.07) is 6.55. The normalized spacial score (nSPS) is 29.1. The fourth-order valence-corrected chi connectivity index (χ4v) is 5.38. The van der Waals surface area contributed by atoms with E-state index >= 15 is 0 Å². The van der Waals surface area contributed by atoms with Gasteiger partial charge in [0.15, 0.2) is 0 Å². The van der Waals surface area contributed by atoms with E-state index in [1.807, 2.05) is 0 Å². The molecule has 0 heterocycles. The third kappa shape index (κ3) is 5.59. The number of rotatable bonds is 7. The van der Waals surface area contributed by atoms with Gasteiger partial charge >= 0.3 is 0 Å². The van der Waals surface area contributed by atoms with Crippen molar-refractivity contribution in [3.8, 4) is 5.75 Å². The van der Waals surface area contributed by atoms with Gasteiger partial charge in [0.25, 0.3) is 0 Å². The summed E-state index contributed by atoms with van der Waals surface area (Å²) in [6.07, 6.45) is 17.1. The van der Waals surface area contributed by atoms with Crippen LogP contribution in [0.4, 0.5) is 4.39 Å². The van der Waals surface area contributed by atoms with Crippen LogP contribution in [-0.4, -0.2) is 13.8 Å². The lowest BCUT2D eigenvalue weighted by molar-refractivity contribution is 0.171. The highest BCUT2D eigenvalue weighted by atomic mass is 19.1. The molecule has 27 heavy (non-hydrogen) atoms. The highest BCUT2D eigenvalue weighted by Crippen LogP contribution is 2.45. The van der Waals surface area contributed by atoms with Crippen LogP contribution in [0, 0.1) is 24.7 Å². The lowest BCUT2D eigenvalue weighted by Crippen LogP contribution is -2.25. The number of unbranched alkanes of at least 4 members (excludes halogenated alkanes) is 1. The summed E-state index contributed by atoms with van der Waals surface area (Å²) in [5.74, 6) is 4.33. The van der Waals surface area contributed by atoms with Gasteiger partial charge in [0.05, 0.1) is 13.8 Å². The Morgan fingerprint density at radius 2 is 1.67 bits per heavy atom. The Bertz CT molecular complexity index is 592. The van der Waals surface area contributed by atoms with Crippen molar-refractivity contribution >= 4 is 0 Å². The van der Waals surface area contributed by atoms with Crippen molar-refractivity contribution in [3.63, 3.8) is 0 Å². The Morgan fingerprint density at radius 3 is 2.30 bits per heavy atom. The van der Waals surface area contributed by atoms with E-state index in [1.54, 1.807) is 7.11 Å². The molecule has 1 aromatic rings. The van der Waals surface area contributed by atoms with Crippen LogP contribution in [0.5, 0.6) is 5.75 Å². The largest absolute Gasteiger partial charge is 0.497 e. The molecule has 0 spiro atoms. The lowest BCUT2D eigenvalue weighted by atomic mass is 9.68. The van der Waals surface area contributed by atoms with Gasteiger partial charge in [-0.15, -0.1) is 0 Å². The lowest BCUT2D eigenvalue weighted by Gasteiger charge is -2.38. The molecular weight excluding hydrogens is 335 g/mol. The van der Waals surface area contributed by atoms with Crippen LogP contribution in [0.2, 0.25) is 0 Å². The van der Waals surface area contributed by atoms with Gasteiger partial charge in [0.1, 0.15) is 5.75 Å². The fraction of sp³-hybridized carbons (Fsp3) is 0.680. The third-order valence-electron chi connectivity index (χ3n) is 7.09. The van der Waals surface area contributed by atoms with E-state index in [0.717, 1.165) is 29.9 Å². The van der Waals surface area contributed by atoms with Crippen LogP contribution < -0.4 is 4.74 Å². The Balaban J connectivity index is 1.46. The number of alkyl halides is 1. The van der Waals surface area contributed by atoms with Gasteiger partial charge in [0, 0.05) is 0 Å². The predicted molar refractivity (Wildman–Crippen MR) is 112 cm³/mol. The van der Waals surface area contributed by atoms with E-state index in [0.29, 0.717) is 12.3 Å². The van der Waals surface area contributed by atoms with Crippen LogP contribution in [0.25, 0.3) is 0 Å². The Kier molecular flexibility index (Phi) is 7.79. The molecule has 2 heteroatoms. The fourth-order valence-electron chi connectivity index (χ4n) is 5.38. The molecule has 0 amide bonds. The van der Waals surface area contributed by atoms with Crippen molar-refractivity contribution in [2.24, 2.45) is 17.8 Å². The van der Waals surface area contributed by atoms with Gasteiger partial charge < -0.3 is 4.74 Å². The van der Waals surface area contributed by atoms with Crippen molar-refractivity contribution in [2.75, 3.05) is 13.8 Å². The van der Waals surface area contributed by atoms with Crippen molar-refractivity contribution in [1.82, 2.24) is 0 Å². The second-order valence-electron chi connectivity index (χ2n) is 8.77. The molecule has 2 aliphatic rings. The van der Waals surface area contributed by atoms with Gasteiger partial charge in [-0.2, -0.15) is 0 Å². The molecule has 2 fully saturated rings. The van der Waals surface area contributed by atoms with Crippen LogP contribution in [0.3, 0.4) is 0 Å².